The minimum Gasteiger partial charge on any atom is -0.353 e. The molecule has 1 aliphatic rings. The summed E-state index contributed by atoms with van der Waals surface area (Å²) in [6.45, 7) is 1.92. The van der Waals surface area contributed by atoms with E-state index in [1.54, 1.807) is 12.1 Å². The molecule has 1 saturated heterocycles. The van der Waals surface area contributed by atoms with Crippen molar-refractivity contribution < 1.29 is 9.18 Å². The van der Waals surface area contributed by atoms with Gasteiger partial charge in [-0.25, -0.2) is 4.39 Å². The standard InChI is InChI=1S/C13H17FN2O/c14-11-3-1-10(2-4-11)9-13(17)16-12-5-7-15-8-6-12/h1-4,12,15H,5-9H2,(H,16,17). The number of hydrogen-bond acceptors (Lipinski definition) is 2. The van der Waals surface area contributed by atoms with Crippen LogP contribution < -0.4 is 10.6 Å². The summed E-state index contributed by atoms with van der Waals surface area (Å²) in [6.07, 6.45) is 2.29. The Labute approximate surface area is 100 Å². The SMILES string of the molecule is O=C(Cc1ccc(F)cc1)NC1CCNCC1. The molecule has 4 heteroatoms. The molecule has 1 fully saturated rings. The Kier molecular flexibility index (Phi) is 4.09. The van der Waals surface area contributed by atoms with Crippen LogP contribution in [0.25, 0.3) is 0 Å². The Hall–Kier alpha value is -1.42. The lowest BCUT2D eigenvalue weighted by molar-refractivity contribution is -0.121. The maximum Gasteiger partial charge on any atom is 0.224 e. The zero-order chi connectivity index (χ0) is 12.1. The van der Waals surface area contributed by atoms with E-state index in [1.165, 1.54) is 12.1 Å². The lowest BCUT2D eigenvalue weighted by Gasteiger charge is -2.23. The molecule has 17 heavy (non-hydrogen) atoms. The largest absolute Gasteiger partial charge is 0.353 e. The fourth-order valence-corrected chi connectivity index (χ4v) is 2.03. The van der Waals surface area contributed by atoms with Crippen LogP contribution in [0.2, 0.25) is 0 Å². The molecule has 1 aromatic carbocycles. The highest BCUT2D eigenvalue weighted by molar-refractivity contribution is 5.78. The molecule has 1 aliphatic heterocycles. The molecule has 92 valence electrons. The highest BCUT2D eigenvalue weighted by Crippen LogP contribution is 2.05. The quantitative estimate of drug-likeness (QED) is 0.829. The average Bonchev–Trinajstić information content (AvgIpc) is 2.33. The molecule has 1 aromatic rings. The second kappa shape index (κ2) is 5.77. The van der Waals surface area contributed by atoms with Gasteiger partial charge in [0.1, 0.15) is 5.82 Å². The van der Waals surface area contributed by atoms with E-state index < -0.39 is 0 Å². The van der Waals surface area contributed by atoms with Crippen molar-refractivity contribution in [2.45, 2.75) is 25.3 Å². The predicted molar refractivity (Wildman–Crippen MR) is 64.1 cm³/mol. The highest BCUT2D eigenvalue weighted by Gasteiger charge is 2.15. The van der Waals surface area contributed by atoms with Crippen LogP contribution in [0.4, 0.5) is 4.39 Å². The van der Waals surface area contributed by atoms with Crippen LogP contribution in [0.15, 0.2) is 24.3 Å². The molecule has 1 amide bonds. The molecular weight excluding hydrogens is 219 g/mol. The van der Waals surface area contributed by atoms with Gasteiger partial charge in [-0.3, -0.25) is 4.79 Å². The number of piperidine rings is 1. The van der Waals surface area contributed by atoms with Crippen molar-refractivity contribution in [1.29, 1.82) is 0 Å². The summed E-state index contributed by atoms with van der Waals surface area (Å²) in [7, 11) is 0. The molecule has 2 N–H and O–H groups in total. The lowest BCUT2D eigenvalue weighted by Crippen LogP contribution is -2.43. The molecule has 0 bridgehead atoms. The molecule has 3 nitrogen and oxygen atoms in total. The highest BCUT2D eigenvalue weighted by atomic mass is 19.1. The van der Waals surface area contributed by atoms with Crippen LogP contribution >= 0.6 is 0 Å². The number of carbonyl (C=O) groups excluding carboxylic acids is 1. The molecule has 0 unspecified atom stereocenters. The number of nitrogens with one attached hydrogen (secondary N) is 2. The van der Waals surface area contributed by atoms with Crippen LogP contribution in [-0.2, 0) is 11.2 Å². The van der Waals surface area contributed by atoms with E-state index in [9.17, 15) is 9.18 Å². The van der Waals surface area contributed by atoms with Gasteiger partial charge in [0.15, 0.2) is 0 Å². The smallest absolute Gasteiger partial charge is 0.224 e. The fraction of sp³-hybridized carbons (Fsp3) is 0.462. The minimum absolute atomic E-state index is 0.0171. The summed E-state index contributed by atoms with van der Waals surface area (Å²) >= 11 is 0. The Bertz CT molecular complexity index is 372. The van der Waals surface area contributed by atoms with E-state index >= 15 is 0 Å². The third kappa shape index (κ3) is 3.82. The average molecular weight is 236 g/mol. The van der Waals surface area contributed by atoms with Gasteiger partial charge >= 0.3 is 0 Å². The van der Waals surface area contributed by atoms with Gasteiger partial charge in [0.05, 0.1) is 6.42 Å². The van der Waals surface area contributed by atoms with Crippen molar-refractivity contribution in [2.75, 3.05) is 13.1 Å². The van der Waals surface area contributed by atoms with Gasteiger partial charge in [-0.1, -0.05) is 12.1 Å². The Morgan fingerprint density at radius 3 is 2.59 bits per heavy atom. The number of amides is 1. The maximum atomic E-state index is 12.7. The number of carbonyl (C=O) groups is 1. The first kappa shape index (κ1) is 12.0. The second-order valence-electron chi connectivity index (χ2n) is 4.40. The number of halogens is 1. The zero-order valence-corrected chi connectivity index (χ0v) is 9.71. The van der Waals surface area contributed by atoms with E-state index in [-0.39, 0.29) is 17.8 Å². The molecule has 0 aromatic heterocycles. The summed E-state index contributed by atoms with van der Waals surface area (Å²) < 4.78 is 12.7. The van der Waals surface area contributed by atoms with E-state index in [0.717, 1.165) is 31.5 Å². The van der Waals surface area contributed by atoms with Gasteiger partial charge in [-0.15, -0.1) is 0 Å². The van der Waals surface area contributed by atoms with Gasteiger partial charge in [0, 0.05) is 6.04 Å². The third-order valence-corrected chi connectivity index (χ3v) is 2.98. The predicted octanol–water partition coefficient (Wildman–Crippen LogP) is 1.24. The second-order valence-corrected chi connectivity index (χ2v) is 4.40. The van der Waals surface area contributed by atoms with Crippen LogP contribution in [0.1, 0.15) is 18.4 Å². The van der Waals surface area contributed by atoms with Gasteiger partial charge < -0.3 is 10.6 Å². The summed E-state index contributed by atoms with van der Waals surface area (Å²) in [5.41, 5.74) is 0.845. The zero-order valence-electron chi connectivity index (χ0n) is 9.71. The summed E-state index contributed by atoms with van der Waals surface area (Å²) in [6, 6.07) is 6.35. The van der Waals surface area contributed by atoms with Crippen molar-refractivity contribution in [2.24, 2.45) is 0 Å². The molecule has 0 aliphatic carbocycles. The Balaban J connectivity index is 1.82. The van der Waals surface area contributed by atoms with Gasteiger partial charge in [0.25, 0.3) is 0 Å². The fourth-order valence-electron chi connectivity index (χ4n) is 2.03. The van der Waals surface area contributed by atoms with Gasteiger partial charge in [0.2, 0.25) is 5.91 Å². The summed E-state index contributed by atoms with van der Waals surface area (Å²) in [4.78, 5) is 11.7. The molecule has 0 atom stereocenters. The topological polar surface area (TPSA) is 41.1 Å². The van der Waals surface area contributed by atoms with E-state index in [1.807, 2.05) is 0 Å². The van der Waals surface area contributed by atoms with Crippen molar-refractivity contribution >= 4 is 5.91 Å². The van der Waals surface area contributed by atoms with Crippen LogP contribution in [0.3, 0.4) is 0 Å². The summed E-state index contributed by atoms with van der Waals surface area (Å²) in [5.74, 6) is -0.254. The van der Waals surface area contributed by atoms with E-state index in [4.69, 9.17) is 0 Å². The number of hydrogen-bond donors (Lipinski definition) is 2. The van der Waals surface area contributed by atoms with Crippen molar-refractivity contribution in [1.82, 2.24) is 10.6 Å². The first-order valence-electron chi connectivity index (χ1n) is 5.98. The van der Waals surface area contributed by atoms with Crippen molar-refractivity contribution in [3.63, 3.8) is 0 Å². The monoisotopic (exact) mass is 236 g/mol. The molecule has 2 rings (SSSR count). The summed E-state index contributed by atoms with van der Waals surface area (Å²) in [5, 5.41) is 6.26. The van der Waals surface area contributed by atoms with Crippen LogP contribution in [-0.4, -0.2) is 25.0 Å². The first-order chi connectivity index (χ1) is 8.24. The normalized spacial score (nSPS) is 16.8. The molecular formula is C13H17FN2O. The lowest BCUT2D eigenvalue weighted by atomic mass is 10.1. The van der Waals surface area contributed by atoms with Gasteiger partial charge in [-0.05, 0) is 43.6 Å². The molecule has 1 heterocycles. The van der Waals surface area contributed by atoms with Crippen LogP contribution in [0, 0.1) is 5.82 Å². The molecule has 0 radical (unpaired) electrons. The van der Waals surface area contributed by atoms with Crippen molar-refractivity contribution in [3.05, 3.63) is 35.6 Å². The van der Waals surface area contributed by atoms with Gasteiger partial charge in [-0.2, -0.15) is 0 Å². The third-order valence-electron chi connectivity index (χ3n) is 2.98. The Morgan fingerprint density at radius 1 is 1.29 bits per heavy atom. The first-order valence-corrected chi connectivity index (χ1v) is 5.98. The van der Waals surface area contributed by atoms with Crippen molar-refractivity contribution in [3.8, 4) is 0 Å². The Morgan fingerprint density at radius 2 is 1.94 bits per heavy atom. The van der Waals surface area contributed by atoms with E-state index in [2.05, 4.69) is 10.6 Å². The molecule has 0 saturated carbocycles. The molecule has 0 spiro atoms. The van der Waals surface area contributed by atoms with Crippen LogP contribution in [0.5, 0.6) is 0 Å². The minimum atomic E-state index is -0.271. The van der Waals surface area contributed by atoms with E-state index in [0.29, 0.717) is 6.42 Å². The number of benzene rings is 1. The maximum absolute atomic E-state index is 12.7. The number of rotatable bonds is 3.